The van der Waals surface area contributed by atoms with E-state index in [9.17, 15) is 14.4 Å². The van der Waals surface area contributed by atoms with E-state index in [0.717, 1.165) is 40.0 Å². The normalized spacial score (nSPS) is 15.1. The standard InChI is InChI=1S/C24H19ClN2O4S/c1-14-11-18(15(2)27(14)20-9-5-17(6-10-20)23(29)30)12-21-22(28)26(24(31)32-21)13-16-3-7-19(25)8-4-16/h3-12H,13H2,1-2H3,(H,29,30)/b21-12-. The average Bonchev–Trinajstić information content (AvgIpc) is 3.19. The van der Waals surface area contributed by atoms with Gasteiger partial charge in [0.2, 0.25) is 0 Å². The number of aromatic nitrogens is 1. The van der Waals surface area contributed by atoms with Crippen LogP contribution in [0.2, 0.25) is 5.02 Å². The second-order valence-corrected chi connectivity index (χ2v) is 8.84. The Kier molecular flexibility index (Phi) is 5.95. The van der Waals surface area contributed by atoms with E-state index in [1.54, 1.807) is 54.6 Å². The van der Waals surface area contributed by atoms with E-state index in [0.29, 0.717) is 9.93 Å². The molecule has 1 N–H and O–H groups in total. The monoisotopic (exact) mass is 466 g/mol. The van der Waals surface area contributed by atoms with Crippen LogP contribution in [0.4, 0.5) is 4.79 Å². The molecule has 8 heteroatoms. The van der Waals surface area contributed by atoms with Crippen molar-refractivity contribution in [1.82, 2.24) is 9.47 Å². The van der Waals surface area contributed by atoms with Crippen LogP contribution in [-0.2, 0) is 11.3 Å². The first kappa shape index (κ1) is 21.9. The number of rotatable bonds is 5. The van der Waals surface area contributed by atoms with E-state index in [1.165, 1.54) is 4.90 Å². The van der Waals surface area contributed by atoms with Crippen LogP contribution in [0, 0.1) is 13.8 Å². The Bertz CT molecular complexity index is 1260. The Morgan fingerprint density at radius 3 is 2.34 bits per heavy atom. The molecule has 0 spiro atoms. The van der Waals surface area contributed by atoms with Gasteiger partial charge in [-0.3, -0.25) is 14.5 Å². The van der Waals surface area contributed by atoms with Gasteiger partial charge in [-0.2, -0.15) is 0 Å². The van der Waals surface area contributed by atoms with Crippen LogP contribution in [0.15, 0.2) is 59.5 Å². The fourth-order valence-corrected chi connectivity index (χ4v) is 4.59. The summed E-state index contributed by atoms with van der Waals surface area (Å²) in [7, 11) is 0. The molecular weight excluding hydrogens is 448 g/mol. The molecule has 1 aliphatic rings. The van der Waals surface area contributed by atoms with Gasteiger partial charge in [0.25, 0.3) is 11.1 Å². The summed E-state index contributed by atoms with van der Waals surface area (Å²) in [6.45, 7) is 4.04. The van der Waals surface area contributed by atoms with Gasteiger partial charge in [0.1, 0.15) is 0 Å². The summed E-state index contributed by atoms with van der Waals surface area (Å²) in [6, 6.07) is 15.6. The third kappa shape index (κ3) is 4.22. The summed E-state index contributed by atoms with van der Waals surface area (Å²) in [6.07, 6.45) is 1.73. The second-order valence-electron chi connectivity index (χ2n) is 7.41. The van der Waals surface area contributed by atoms with Gasteiger partial charge in [0, 0.05) is 22.1 Å². The maximum atomic E-state index is 12.9. The lowest BCUT2D eigenvalue weighted by Gasteiger charge is -2.12. The highest BCUT2D eigenvalue weighted by Crippen LogP contribution is 2.34. The number of amides is 2. The molecule has 0 atom stereocenters. The smallest absolute Gasteiger partial charge is 0.335 e. The molecular formula is C24H19ClN2O4S. The highest BCUT2D eigenvalue weighted by atomic mass is 35.5. The van der Waals surface area contributed by atoms with E-state index >= 15 is 0 Å². The molecule has 2 aromatic carbocycles. The minimum absolute atomic E-state index is 0.189. The Hall–Kier alpha value is -3.29. The Labute approximate surface area is 194 Å². The third-order valence-electron chi connectivity index (χ3n) is 5.26. The van der Waals surface area contributed by atoms with Gasteiger partial charge in [-0.1, -0.05) is 23.7 Å². The molecule has 0 bridgehead atoms. The second kappa shape index (κ2) is 8.68. The highest BCUT2D eigenvalue weighted by Gasteiger charge is 2.35. The maximum Gasteiger partial charge on any atom is 0.335 e. The fourth-order valence-electron chi connectivity index (χ4n) is 3.63. The molecule has 0 radical (unpaired) electrons. The number of halogens is 1. The molecule has 1 aromatic heterocycles. The predicted octanol–water partition coefficient (Wildman–Crippen LogP) is 5.68. The van der Waals surface area contributed by atoms with Crippen LogP contribution in [0.3, 0.4) is 0 Å². The molecule has 0 aliphatic carbocycles. The Morgan fingerprint density at radius 1 is 1.06 bits per heavy atom. The van der Waals surface area contributed by atoms with Gasteiger partial charge in [0.05, 0.1) is 17.0 Å². The van der Waals surface area contributed by atoms with Crippen LogP contribution in [-0.4, -0.2) is 31.7 Å². The molecule has 0 unspecified atom stereocenters. The number of carboxylic acids is 1. The van der Waals surface area contributed by atoms with E-state index in [4.69, 9.17) is 16.7 Å². The van der Waals surface area contributed by atoms with Crippen LogP contribution >= 0.6 is 23.4 Å². The first-order valence-corrected chi connectivity index (χ1v) is 11.0. The van der Waals surface area contributed by atoms with Gasteiger partial charge in [-0.05, 0) is 85.3 Å². The lowest BCUT2D eigenvalue weighted by atomic mass is 10.2. The first-order valence-electron chi connectivity index (χ1n) is 9.77. The number of carboxylic acid groups (broad SMARTS) is 1. The van der Waals surface area contributed by atoms with Gasteiger partial charge >= 0.3 is 5.97 Å². The molecule has 6 nitrogen and oxygen atoms in total. The number of carbonyl (C=O) groups excluding carboxylic acids is 2. The van der Waals surface area contributed by atoms with Crippen molar-refractivity contribution in [3.63, 3.8) is 0 Å². The summed E-state index contributed by atoms with van der Waals surface area (Å²) in [5.41, 5.74) is 4.49. The number of hydrogen-bond acceptors (Lipinski definition) is 4. The van der Waals surface area contributed by atoms with E-state index < -0.39 is 5.97 Å². The summed E-state index contributed by atoms with van der Waals surface area (Å²) in [4.78, 5) is 38.1. The Morgan fingerprint density at radius 2 is 1.72 bits per heavy atom. The molecule has 1 fully saturated rings. The minimum atomic E-state index is -0.979. The number of aryl methyl sites for hydroxylation is 1. The van der Waals surface area contributed by atoms with Gasteiger partial charge < -0.3 is 9.67 Å². The maximum absolute atomic E-state index is 12.9. The number of aromatic carboxylic acids is 1. The molecule has 0 saturated carbocycles. The van der Waals surface area contributed by atoms with Crippen molar-refractivity contribution in [2.75, 3.05) is 0 Å². The lowest BCUT2D eigenvalue weighted by molar-refractivity contribution is -0.123. The summed E-state index contributed by atoms with van der Waals surface area (Å²) in [5.74, 6) is -1.31. The Balaban J connectivity index is 1.61. The van der Waals surface area contributed by atoms with Crippen molar-refractivity contribution < 1.29 is 19.5 Å². The van der Waals surface area contributed by atoms with Crippen LogP contribution in [0.25, 0.3) is 11.8 Å². The number of benzene rings is 2. The van der Waals surface area contributed by atoms with Crippen molar-refractivity contribution in [2.24, 2.45) is 0 Å². The van der Waals surface area contributed by atoms with Crippen molar-refractivity contribution in [3.8, 4) is 5.69 Å². The fraction of sp³-hybridized carbons (Fsp3) is 0.125. The lowest BCUT2D eigenvalue weighted by Crippen LogP contribution is -2.27. The number of hydrogen-bond donors (Lipinski definition) is 1. The molecule has 2 heterocycles. The van der Waals surface area contributed by atoms with Crippen LogP contribution in [0.5, 0.6) is 0 Å². The van der Waals surface area contributed by atoms with E-state index in [1.807, 2.05) is 24.5 Å². The first-order chi connectivity index (χ1) is 15.2. The van der Waals surface area contributed by atoms with Crippen molar-refractivity contribution >= 4 is 46.6 Å². The zero-order chi connectivity index (χ0) is 23.0. The third-order valence-corrected chi connectivity index (χ3v) is 6.42. The molecule has 3 aromatic rings. The summed E-state index contributed by atoms with van der Waals surface area (Å²) in [5, 5.41) is 9.39. The van der Waals surface area contributed by atoms with Crippen molar-refractivity contribution in [3.05, 3.63) is 92.6 Å². The molecule has 162 valence electrons. The van der Waals surface area contributed by atoms with E-state index in [-0.39, 0.29) is 23.3 Å². The number of carbonyl (C=O) groups is 3. The largest absolute Gasteiger partial charge is 0.478 e. The quantitative estimate of drug-likeness (QED) is 0.489. The SMILES string of the molecule is Cc1cc(/C=C2\SC(=O)N(Cc3ccc(Cl)cc3)C2=O)c(C)n1-c1ccc(C(=O)O)cc1. The topological polar surface area (TPSA) is 79.6 Å². The van der Waals surface area contributed by atoms with Gasteiger partial charge in [-0.25, -0.2) is 4.79 Å². The number of thioether (sulfide) groups is 1. The zero-order valence-electron chi connectivity index (χ0n) is 17.3. The minimum Gasteiger partial charge on any atom is -0.478 e. The van der Waals surface area contributed by atoms with Crippen LogP contribution < -0.4 is 0 Å². The van der Waals surface area contributed by atoms with Crippen molar-refractivity contribution in [1.29, 1.82) is 0 Å². The van der Waals surface area contributed by atoms with E-state index in [2.05, 4.69) is 0 Å². The zero-order valence-corrected chi connectivity index (χ0v) is 18.9. The summed E-state index contributed by atoms with van der Waals surface area (Å²) < 4.78 is 1.98. The van der Waals surface area contributed by atoms with Crippen molar-refractivity contribution in [2.45, 2.75) is 20.4 Å². The number of nitrogens with zero attached hydrogens (tertiary/aromatic N) is 2. The molecule has 1 aliphatic heterocycles. The number of imide groups is 1. The highest BCUT2D eigenvalue weighted by molar-refractivity contribution is 8.18. The summed E-state index contributed by atoms with van der Waals surface area (Å²) >= 11 is 6.83. The van der Waals surface area contributed by atoms with Gasteiger partial charge in [-0.15, -0.1) is 0 Å². The average molecular weight is 467 g/mol. The molecule has 1 saturated heterocycles. The molecule has 32 heavy (non-hydrogen) atoms. The van der Waals surface area contributed by atoms with Crippen LogP contribution in [0.1, 0.15) is 32.9 Å². The van der Waals surface area contributed by atoms with Gasteiger partial charge in [0.15, 0.2) is 0 Å². The molecule has 2 amide bonds. The molecule has 4 rings (SSSR count). The predicted molar refractivity (Wildman–Crippen MR) is 125 cm³/mol.